The first-order chi connectivity index (χ1) is 12.6. The molecule has 1 unspecified atom stereocenters. The molecule has 0 aromatic carbocycles. The molecule has 6 nitrogen and oxygen atoms in total. The van der Waals surface area contributed by atoms with Crippen LogP contribution in [-0.4, -0.2) is 100 Å². The third kappa shape index (κ3) is 9.28. The van der Waals surface area contributed by atoms with E-state index in [9.17, 15) is 0 Å². The van der Waals surface area contributed by atoms with Gasteiger partial charge in [0.05, 0.1) is 0 Å². The molecule has 0 amide bonds. The van der Waals surface area contributed by atoms with E-state index >= 15 is 0 Å². The molecule has 27 heavy (non-hydrogen) atoms. The van der Waals surface area contributed by atoms with Crippen molar-refractivity contribution in [1.29, 1.82) is 0 Å². The van der Waals surface area contributed by atoms with Crippen molar-refractivity contribution in [3.05, 3.63) is 0 Å². The van der Waals surface area contributed by atoms with Crippen LogP contribution in [0.3, 0.4) is 0 Å². The predicted octanol–water partition coefficient (Wildman–Crippen LogP) is 2.20. The molecule has 0 spiro atoms. The van der Waals surface area contributed by atoms with E-state index in [0.717, 1.165) is 38.2 Å². The first-order valence-electron chi connectivity index (χ1n) is 10.6. The van der Waals surface area contributed by atoms with Gasteiger partial charge < -0.3 is 24.8 Å². The fourth-order valence-electron chi connectivity index (χ4n) is 3.96. The molecule has 1 N–H and O–H groups in total. The molecule has 2 aliphatic rings. The number of hydrogen-bond donors (Lipinski definition) is 1. The number of halogens is 1. The molecule has 2 aliphatic heterocycles. The standard InChI is InChI=1S/C20H41N5O.HI/c1-5-24-10-12-25(13-11-24)17-18(2)16-22-20(21-3)23(4)9-6-19-7-14-26-15-8-19;/h18-19H,5-17H2,1-4H3,(H,21,22);1H. The average molecular weight is 495 g/mol. The Balaban J connectivity index is 0.00000364. The van der Waals surface area contributed by atoms with Gasteiger partial charge in [0.25, 0.3) is 0 Å². The summed E-state index contributed by atoms with van der Waals surface area (Å²) in [6, 6.07) is 0. The number of likely N-dealkylation sites (N-methyl/N-ethyl adjacent to an activating group) is 1. The van der Waals surface area contributed by atoms with Gasteiger partial charge in [-0.15, -0.1) is 24.0 Å². The van der Waals surface area contributed by atoms with Crippen molar-refractivity contribution in [3.63, 3.8) is 0 Å². The number of rotatable bonds is 8. The van der Waals surface area contributed by atoms with Crippen LogP contribution in [0.1, 0.15) is 33.1 Å². The Morgan fingerprint density at radius 2 is 1.81 bits per heavy atom. The second kappa shape index (κ2) is 14.0. The van der Waals surface area contributed by atoms with Gasteiger partial charge in [0.2, 0.25) is 0 Å². The topological polar surface area (TPSA) is 43.3 Å². The molecule has 2 rings (SSSR count). The summed E-state index contributed by atoms with van der Waals surface area (Å²) in [6.45, 7) is 15.7. The number of nitrogens with one attached hydrogen (secondary N) is 1. The van der Waals surface area contributed by atoms with E-state index in [1.807, 2.05) is 7.05 Å². The molecule has 1 atom stereocenters. The highest BCUT2D eigenvalue weighted by molar-refractivity contribution is 14.0. The third-order valence-corrected chi connectivity index (χ3v) is 5.88. The number of ether oxygens (including phenoxy) is 1. The van der Waals surface area contributed by atoms with Crippen LogP contribution in [0.25, 0.3) is 0 Å². The number of guanidine groups is 1. The molecule has 7 heteroatoms. The average Bonchev–Trinajstić information content (AvgIpc) is 2.68. The Labute approximate surface area is 184 Å². The van der Waals surface area contributed by atoms with E-state index in [4.69, 9.17) is 4.74 Å². The Hall–Kier alpha value is -0.120. The van der Waals surface area contributed by atoms with Gasteiger partial charge in [-0.05, 0) is 37.6 Å². The zero-order valence-electron chi connectivity index (χ0n) is 18.0. The van der Waals surface area contributed by atoms with Crippen molar-refractivity contribution >= 4 is 29.9 Å². The zero-order valence-corrected chi connectivity index (χ0v) is 20.3. The van der Waals surface area contributed by atoms with Crippen molar-refractivity contribution in [1.82, 2.24) is 20.0 Å². The van der Waals surface area contributed by atoms with E-state index in [1.54, 1.807) is 0 Å². The molecule has 0 aromatic rings. The fourth-order valence-corrected chi connectivity index (χ4v) is 3.96. The number of hydrogen-bond acceptors (Lipinski definition) is 4. The van der Waals surface area contributed by atoms with Crippen LogP contribution in [0.15, 0.2) is 4.99 Å². The van der Waals surface area contributed by atoms with Crippen molar-refractivity contribution in [2.75, 3.05) is 79.7 Å². The number of aliphatic imine (C=N–C) groups is 1. The lowest BCUT2D eigenvalue weighted by Gasteiger charge is -2.35. The Kier molecular flexibility index (Phi) is 12.9. The van der Waals surface area contributed by atoms with Crippen LogP contribution in [0, 0.1) is 11.8 Å². The number of nitrogens with zero attached hydrogens (tertiary/aromatic N) is 4. The highest BCUT2D eigenvalue weighted by Crippen LogP contribution is 2.18. The lowest BCUT2D eigenvalue weighted by Crippen LogP contribution is -2.48. The van der Waals surface area contributed by atoms with E-state index in [1.165, 1.54) is 58.5 Å². The summed E-state index contributed by atoms with van der Waals surface area (Å²) < 4.78 is 5.46. The minimum Gasteiger partial charge on any atom is -0.381 e. The molecular formula is C20H42IN5O. The third-order valence-electron chi connectivity index (χ3n) is 5.88. The molecule has 0 saturated carbocycles. The van der Waals surface area contributed by atoms with Crippen LogP contribution in [0.4, 0.5) is 0 Å². The Morgan fingerprint density at radius 3 is 2.41 bits per heavy atom. The molecule has 0 radical (unpaired) electrons. The fraction of sp³-hybridized carbons (Fsp3) is 0.950. The molecule has 160 valence electrons. The van der Waals surface area contributed by atoms with Gasteiger partial charge in [0.15, 0.2) is 5.96 Å². The SMILES string of the molecule is CCN1CCN(CC(C)CNC(=NC)N(C)CCC2CCOCC2)CC1.I. The Bertz CT molecular complexity index is 409. The van der Waals surface area contributed by atoms with Gasteiger partial charge in [-0.2, -0.15) is 0 Å². The van der Waals surface area contributed by atoms with Crippen LogP contribution in [-0.2, 0) is 4.74 Å². The first kappa shape index (κ1) is 24.9. The molecular weight excluding hydrogens is 453 g/mol. The van der Waals surface area contributed by atoms with Crippen LogP contribution >= 0.6 is 24.0 Å². The monoisotopic (exact) mass is 495 g/mol. The molecule has 2 fully saturated rings. The lowest BCUT2D eigenvalue weighted by atomic mass is 9.96. The summed E-state index contributed by atoms with van der Waals surface area (Å²) in [5.41, 5.74) is 0. The van der Waals surface area contributed by atoms with Gasteiger partial charge in [0, 0.05) is 73.1 Å². The number of piperazine rings is 1. The zero-order chi connectivity index (χ0) is 18.8. The summed E-state index contributed by atoms with van der Waals surface area (Å²) >= 11 is 0. The highest BCUT2D eigenvalue weighted by atomic mass is 127. The highest BCUT2D eigenvalue weighted by Gasteiger charge is 2.18. The van der Waals surface area contributed by atoms with Crippen LogP contribution in [0.2, 0.25) is 0 Å². The first-order valence-corrected chi connectivity index (χ1v) is 10.6. The second-order valence-electron chi connectivity index (χ2n) is 8.03. The van der Waals surface area contributed by atoms with Crippen molar-refractivity contribution in [2.45, 2.75) is 33.1 Å². The Morgan fingerprint density at radius 1 is 1.19 bits per heavy atom. The van der Waals surface area contributed by atoms with Crippen molar-refractivity contribution in [2.24, 2.45) is 16.8 Å². The van der Waals surface area contributed by atoms with Crippen LogP contribution in [0.5, 0.6) is 0 Å². The van der Waals surface area contributed by atoms with Gasteiger partial charge in [-0.1, -0.05) is 13.8 Å². The molecule has 2 saturated heterocycles. The van der Waals surface area contributed by atoms with E-state index in [0.29, 0.717) is 5.92 Å². The largest absolute Gasteiger partial charge is 0.381 e. The van der Waals surface area contributed by atoms with Gasteiger partial charge >= 0.3 is 0 Å². The summed E-state index contributed by atoms with van der Waals surface area (Å²) in [4.78, 5) is 11.9. The normalized spacial score (nSPS) is 21.6. The summed E-state index contributed by atoms with van der Waals surface area (Å²) in [7, 11) is 4.05. The maximum atomic E-state index is 5.46. The van der Waals surface area contributed by atoms with Crippen molar-refractivity contribution < 1.29 is 4.74 Å². The summed E-state index contributed by atoms with van der Waals surface area (Å²) in [5, 5.41) is 3.58. The molecule has 0 aliphatic carbocycles. The van der Waals surface area contributed by atoms with Gasteiger partial charge in [-0.3, -0.25) is 4.99 Å². The predicted molar refractivity (Wildman–Crippen MR) is 125 cm³/mol. The van der Waals surface area contributed by atoms with E-state index < -0.39 is 0 Å². The maximum absolute atomic E-state index is 5.46. The van der Waals surface area contributed by atoms with Gasteiger partial charge in [-0.25, -0.2) is 0 Å². The minimum absolute atomic E-state index is 0. The summed E-state index contributed by atoms with van der Waals surface area (Å²) in [5.74, 6) is 2.47. The van der Waals surface area contributed by atoms with Crippen LogP contribution < -0.4 is 5.32 Å². The van der Waals surface area contributed by atoms with E-state index in [-0.39, 0.29) is 24.0 Å². The second-order valence-corrected chi connectivity index (χ2v) is 8.03. The quantitative estimate of drug-likeness (QED) is 0.318. The minimum atomic E-state index is 0. The van der Waals surface area contributed by atoms with Crippen molar-refractivity contribution in [3.8, 4) is 0 Å². The smallest absolute Gasteiger partial charge is 0.193 e. The molecule has 0 aromatic heterocycles. The molecule has 0 bridgehead atoms. The van der Waals surface area contributed by atoms with E-state index in [2.05, 4.69) is 45.9 Å². The maximum Gasteiger partial charge on any atom is 0.193 e. The molecule has 2 heterocycles. The lowest BCUT2D eigenvalue weighted by molar-refractivity contribution is 0.0625. The summed E-state index contributed by atoms with van der Waals surface area (Å²) in [6.07, 6.45) is 3.65. The van der Waals surface area contributed by atoms with Gasteiger partial charge in [0.1, 0.15) is 0 Å².